The lowest BCUT2D eigenvalue weighted by atomic mass is 10.1. The van der Waals surface area contributed by atoms with Gasteiger partial charge in [0.25, 0.3) is 5.91 Å². The molecule has 1 rings (SSSR count). The van der Waals surface area contributed by atoms with Crippen LogP contribution in [0.2, 0.25) is 0 Å². The molecular formula is C14H22N2O3. The van der Waals surface area contributed by atoms with Gasteiger partial charge in [-0.2, -0.15) is 0 Å². The number of likely N-dealkylation sites (N-methyl/N-ethyl adjacent to an activating group) is 1. The molecule has 0 aromatic heterocycles. The highest BCUT2D eigenvalue weighted by Crippen LogP contribution is 2.23. The molecule has 5 nitrogen and oxygen atoms in total. The van der Waals surface area contributed by atoms with Crippen LogP contribution in [0.4, 0.5) is 5.69 Å². The molecule has 0 radical (unpaired) electrons. The molecule has 1 unspecified atom stereocenters. The van der Waals surface area contributed by atoms with E-state index in [-0.39, 0.29) is 11.9 Å². The summed E-state index contributed by atoms with van der Waals surface area (Å²) in [6, 6.07) is 5.09. The van der Waals surface area contributed by atoms with Gasteiger partial charge in [-0.25, -0.2) is 0 Å². The number of hydrogen-bond acceptors (Lipinski definition) is 4. The maximum absolute atomic E-state index is 12.3. The highest BCUT2D eigenvalue weighted by Gasteiger charge is 2.18. The summed E-state index contributed by atoms with van der Waals surface area (Å²) in [5, 5.41) is 0. The molecule has 0 saturated carbocycles. The second-order valence-electron chi connectivity index (χ2n) is 4.41. The Morgan fingerprint density at radius 2 is 2.16 bits per heavy atom. The fourth-order valence-electron chi connectivity index (χ4n) is 1.73. The van der Waals surface area contributed by atoms with E-state index in [2.05, 4.69) is 0 Å². The molecule has 106 valence electrons. The molecule has 0 aliphatic heterocycles. The smallest absolute Gasteiger partial charge is 0.253 e. The van der Waals surface area contributed by atoms with Crippen LogP contribution in [0.5, 0.6) is 5.75 Å². The lowest BCUT2D eigenvalue weighted by molar-refractivity contribution is 0.0633. The van der Waals surface area contributed by atoms with Crippen molar-refractivity contribution in [3.63, 3.8) is 0 Å². The minimum absolute atomic E-state index is 0.00490. The molecule has 0 spiro atoms. The SMILES string of the molecule is CCOc1ccc(C(=O)N(C)C(C)COC)cc1N. The van der Waals surface area contributed by atoms with E-state index in [4.69, 9.17) is 15.2 Å². The van der Waals surface area contributed by atoms with Crippen molar-refractivity contribution in [2.24, 2.45) is 0 Å². The summed E-state index contributed by atoms with van der Waals surface area (Å²) in [6.45, 7) is 4.86. The van der Waals surface area contributed by atoms with Crippen molar-refractivity contribution in [3.8, 4) is 5.75 Å². The van der Waals surface area contributed by atoms with E-state index in [1.54, 1.807) is 37.3 Å². The monoisotopic (exact) mass is 266 g/mol. The Bertz CT molecular complexity index is 435. The van der Waals surface area contributed by atoms with Crippen molar-refractivity contribution >= 4 is 11.6 Å². The largest absolute Gasteiger partial charge is 0.492 e. The van der Waals surface area contributed by atoms with E-state index < -0.39 is 0 Å². The third kappa shape index (κ3) is 3.86. The van der Waals surface area contributed by atoms with Crippen molar-refractivity contribution in [1.29, 1.82) is 0 Å². The third-order valence-corrected chi connectivity index (χ3v) is 2.95. The predicted octanol–water partition coefficient (Wildman–Crippen LogP) is 1.77. The van der Waals surface area contributed by atoms with Gasteiger partial charge in [-0.1, -0.05) is 0 Å². The minimum atomic E-state index is -0.0840. The molecule has 1 amide bonds. The maximum atomic E-state index is 12.3. The van der Waals surface area contributed by atoms with E-state index >= 15 is 0 Å². The zero-order chi connectivity index (χ0) is 14.4. The van der Waals surface area contributed by atoms with Gasteiger partial charge >= 0.3 is 0 Å². The predicted molar refractivity (Wildman–Crippen MR) is 75.5 cm³/mol. The molecule has 1 aromatic rings. The first-order valence-corrected chi connectivity index (χ1v) is 6.29. The van der Waals surface area contributed by atoms with Crippen molar-refractivity contribution in [1.82, 2.24) is 4.90 Å². The van der Waals surface area contributed by atoms with Gasteiger partial charge < -0.3 is 20.1 Å². The second-order valence-corrected chi connectivity index (χ2v) is 4.41. The van der Waals surface area contributed by atoms with Gasteiger partial charge in [0.2, 0.25) is 0 Å². The average molecular weight is 266 g/mol. The maximum Gasteiger partial charge on any atom is 0.253 e. The molecule has 0 saturated heterocycles. The zero-order valence-corrected chi connectivity index (χ0v) is 12.0. The molecule has 0 aliphatic rings. The van der Waals surface area contributed by atoms with Gasteiger partial charge in [0.15, 0.2) is 0 Å². The zero-order valence-electron chi connectivity index (χ0n) is 12.0. The molecule has 0 fully saturated rings. The van der Waals surface area contributed by atoms with Gasteiger partial charge in [-0.05, 0) is 32.0 Å². The van der Waals surface area contributed by atoms with Crippen LogP contribution in [0, 0.1) is 0 Å². The number of nitrogen functional groups attached to an aromatic ring is 1. The van der Waals surface area contributed by atoms with E-state index in [9.17, 15) is 4.79 Å². The second kappa shape index (κ2) is 6.99. The molecule has 5 heteroatoms. The number of amides is 1. The summed E-state index contributed by atoms with van der Waals surface area (Å²) in [5.41, 5.74) is 6.88. The van der Waals surface area contributed by atoms with E-state index in [1.807, 2.05) is 13.8 Å². The van der Waals surface area contributed by atoms with Crippen LogP contribution in [0.3, 0.4) is 0 Å². The molecule has 19 heavy (non-hydrogen) atoms. The highest BCUT2D eigenvalue weighted by molar-refractivity contribution is 5.95. The lowest BCUT2D eigenvalue weighted by Crippen LogP contribution is -2.37. The molecular weight excluding hydrogens is 244 g/mol. The number of carbonyl (C=O) groups excluding carboxylic acids is 1. The average Bonchev–Trinajstić information content (AvgIpc) is 2.40. The van der Waals surface area contributed by atoms with Crippen molar-refractivity contribution in [3.05, 3.63) is 23.8 Å². The summed E-state index contributed by atoms with van der Waals surface area (Å²) in [4.78, 5) is 13.9. The fraction of sp³-hybridized carbons (Fsp3) is 0.500. The number of carbonyl (C=O) groups is 1. The highest BCUT2D eigenvalue weighted by atomic mass is 16.5. The van der Waals surface area contributed by atoms with Crippen LogP contribution in [0.1, 0.15) is 24.2 Å². The van der Waals surface area contributed by atoms with Crippen molar-refractivity contribution < 1.29 is 14.3 Å². The first-order chi connectivity index (χ1) is 9.01. The number of nitrogens with two attached hydrogens (primary N) is 1. The van der Waals surface area contributed by atoms with Gasteiger partial charge in [-0.3, -0.25) is 4.79 Å². The summed E-state index contributed by atoms with van der Waals surface area (Å²) >= 11 is 0. The number of methoxy groups -OCH3 is 1. The van der Waals surface area contributed by atoms with Crippen molar-refractivity contribution in [2.75, 3.05) is 33.1 Å². The van der Waals surface area contributed by atoms with E-state index in [1.165, 1.54) is 0 Å². The Kier molecular flexibility index (Phi) is 5.63. The molecule has 0 aliphatic carbocycles. The van der Waals surface area contributed by atoms with Crippen LogP contribution in [-0.4, -0.2) is 44.2 Å². The standard InChI is InChI=1S/C14H22N2O3/c1-5-19-13-7-6-11(8-12(13)15)14(17)16(3)10(2)9-18-4/h6-8,10H,5,9,15H2,1-4H3. The minimum Gasteiger partial charge on any atom is -0.492 e. The number of rotatable bonds is 6. The Morgan fingerprint density at radius 3 is 2.68 bits per heavy atom. The number of hydrogen-bond donors (Lipinski definition) is 1. The Morgan fingerprint density at radius 1 is 1.47 bits per heavy atom. The van der Waals surface area contributed by atoms with Crippen molar-refractivity contribution in [2.45, 2.75) is 19.9 Å². The Hall–Kier alpha value is -1.75. The normalized spacial score (nSPS) is 12.0. The lowest BCUT2D eigenvalue weighted by Gasteiger charge is -2.24. The van der Waals surface area contributed by atoms with Crippen LogP contribution in [0.25, 0.3) is 0 Å². The third-order valence-electron chi connectivity index (χ3n) is 2.95. The van der Waals surface area contributed by atoms with Crippen LogP contribution in [-0.2, 0) is 4.74 Å². The summed E-state index contributed by atoms with van der Waals surface area (Å²) in [5.74, 6) is 0.519. The molecule has 1 atom stereocenters. The van der Waals surface area contributed by atoms with Crippen LogP contribution in [0.15, 0.2) is 18.2 Å². The number of anilines is 1. The van der Waals surface area contributed by atoms with Crippen LogP contribution >= 0.6 is 0 Å². The number of nitrogens with zero attached hydrogens (tertiary/aromatic N) is 1. The first-order valence-electron chi connectivity index (χ1n) is 6.29. The Balaban J connectivity index is 2.85. The van der Waals surface area contributed by atoms with Gasteiger partial charge in [0.1, 0.15) is 5.75 Å². The van der Waals surface area contributed by atoms with Gasteiger partial charge in [0.05, 0.1) is 24.9 Å². The van der Waals surface area contributed by atoms with Crippen LogP contribution < -0.4 is 10.5 Å². The van der Waals surface area contributed by atoms with Gasteiger partial charge in [0, 0.05) is 19.7 Å². The van der Waals surface area contributed by atoms with E-state index in [0.717, 1.165) is 0 Å². The quantitative estimate of drug-likeness (QED) is 0.797. The van der Waals surface area contributed by atoms with E-state index in [0.29, 0.717) is 30.2 Å². The summed E-state index contributed by atoms with van der Waals surface area (Å²) < 4.78 is 10.4. The fourth-order valence-corrected chi connectivity index (χ4v) is 1.73. The topological polar surface area (TPSA) is 64.8 Å². The first kappa shape index (κ1) is 15.3. The summed E-state index contributed by atoms with van der Waals surface area (Å²) in [6.07, 6.45) is 0. The van der Waals surface area contributed by atoms with Gasteiger partial charge in [-0.15, -0.1) is 0 Å². The molecule has 0 bridgehead atoms. The molecule has 2 N–H and O–H groups in total. The summed E-state index contributed by atoms with van der Waals surface area (Å²) in [7, 11) is 3.36. The Labute approximate surface area is 114 Å². The number of benzene rings is 1. The molecule has 0 heterocycles. The number of ether oxygens (including phenoxy) is 2. The molecule has 1 aromatic carbocycles.